The summed E-state index contributed by atoms with van der Waals surface area (Å²) in [6, 6.07) is 15.1. The van der Waals surface area contributed by atoms with Crippen molar-refractivity contribution < 1.29 is 13.5 Å². The van der Waals surface area contributed by atoms with E-state index >= 15 is 0 Å². The third-order valence-electron chi connectivity index (χ3n) is 3.50. The molecule has 1 heterocycles. The lowest BCUT2D eigenvalue weighted by molar-refractivity contribution is 0.434. The Labute approximate surface area is 137 Å². The lowest BCUT2D eigenvalue weighted by atomic mass is 10.2. The maximum absolute atomic E-state index is 13.9. The smallest absolute Gasteiger partial charge is 0.224 e. The number of nitrogens with zero attached hydrogens (tertiary/aromatic N) is 2. The zero-order valence-corrected chi connectivity index (χ0v) is 12.5. The molecule has 0 fully saturated rings. The summed E-state index contributed by atoms with van der Waals surface area (Å²) in [4.78, 5) is 0. The van der Waals surface area contributed by atoms with Crippen LogP contribution in [0.1, 0.15) is 11.3 Å². The Bertz CT molecular complexity index is 911. The summed E-state index contributed by atoms with van der Waals surface area (Å²) in [6.45, 7) is 0.0866. The highest BCUT2D eigenvalue weighted by atomic mass is 19.1. The fourth-order valence-electron chi connectivity index (χ4n) is 2.33. The minimum absolute atomic E-state index is 0.0866. The van der Waals surface area contributed by atoms with Gasteiger partial charge in [-0.1, -0.05) is 18.2 Å². The number of rotatable bonds is 4. The third-order valence-corrected chi connectivity index (χ3v) is 3.50. The molecule has 6 heteroatoms. The van der Waals surface area contributed by atoms with Gasteiger partial charge in [-0.05, 0) is 30.3 Å². The summed E-state index contributed by atoms with van der Waals surface area (Å²) < 4.78 is 34.1. The number of halogens is 2. The molecule has 2 aromatic carbocycles. The molecule has 1 aromatic heterocycles. The summed E-state index contributed by atoms with van der Waals surface area (Å²) in [6.07, 6.45) is 0. The van der Waals surface area contributed by atoms with Gasteiger partial charge in [-0.3, -0.25) is 4.57 Å². The van der Waals surface area contributed by atoms with Crippen molar-refractivity contribution in [1.82, 2.24) is 4.57 Å². The summed E-state index contributed by atoms with van der Waals surface area (Å²) in [7, 11) is 0. The number of nitrogen functional groups attached to an aromatic ring is 1. The second-order valence-corrected chi connectivity index (χ2v) is 5.14. The van der Waals surface area contributed by atoms with Crippen molar-refractivity contribution in [3.8, 4) is 17.7 Å². The Hall–Kier alpha value is -3.33. The number of ether oxygens (including phenoxy) is 1. The predicted octanol–water partition coefficient (Wildman–Crippen LogP) is 4.06. The third kappa shape index (κ3) is 3.06. The molecular weight excluding hydrogens is 312 g/mol. The van der Waals surface area contributed by atoms with Crippen molar-refractivity contribution in [2.24, 2.45) is 0 Å². The summed E-state index contributed by atoms with van der Waals surface area (Å²) in [5, 5.41) is 9.28. The number of anilines is 1. The molecule has 0 radical (unpaired) electrons. The van der Waals surface area contributed by atoms with E-state index in [4.69, 9.17) is 10.5 Å². The van der Waals surface area contributed by atoms with E-state index < -0.39 is 5.82 Å². The highest BCUT2D eigenvalue weighted by molar-refractivity contribution is 5.56. The van der Waals surface area contributed by atoms with Crippen molar-refractivity contribution in [3.63, 3.8) is 0 Å². The van der Waals surface area contributed by atoms with E-state index in [0.29, 0.717) is 11.3 Å². The van der Waals surface area contributed by atoms with Crippen molar-refractivity contribution in [2.45, 2.75) is 6.54 Å². The van der Waals surface area contributed by atoms with E-state index in [0.717, 1.165) is 0 Å². The standard InChI is InChI=1S/C18H13F2N3O/c19-13-5-7-15(8-6-13)24-18-17(22)9-14(10-21)23(18)11-12-3-1-2-4-16(12)20/h1-9H,11,22H2. The van der Waals surface area contributed by atoms with Crippen LogP contribution in [0.25, 0.3) is 0 Å². The van der Waals surface area contributed by atoms with Gasteiger partial charge in [0.15, 0.2) is 0 Å². The molecule has 0 spiro atoms. The first-order valence-electron chi connectivity index (χ1n) is 7.14. The van der Waals surface area contributed by atoms with Gasteiger partial charge in [-0.15, -0.1) is 0 Å². The fraction of sp³-hybridized carbons (Fsp3) is 0.0556. The van der Waals surface area contributed by atoms with Crippen LogP contribution in [0, 0.1) is 23.0 Å². The molecular formula is C18H13F2N3O. The van der Waals surface area contributed by atoms with E-state index in [2.05, 4.69) is 0 Å². The van der Waals surface area contributed by atoms with Gasteiger partial charge >= 0.3 is 0 Å². The molecule has 3 rings (SSSR count). The average molecular weight is 325 g/mol. The second kappa shape index (κ2) is 6.42. The average Bonchev–Trinajstić information content (AvgIpc) is 2.87. The molecule has 3 aromatic rings. The number of benzene rings is 2. The van der Waals surface area contributed by atoms with Gasteiger partial charge in [-0.25, -0.2) is 8.78 Å². The number of hydrogen-bond donors (Lipinski definition) is 1. The molecule has 120 valence electrons. The fourth-order valence-corrected chi connectivity index (χ4v) is 2.33. The van der Waals surface area contributed by atoms with Crippen LogP contribution in [0.5, 0.6) is 11.6 Å². The van der Waals surface area contributed by atoms with E-state index in [-0.39, 0.29) is 29.6 Å². The van der Waals surface area contributed by atoms with E-state index in [9.17, 15) is 14.0 Å². The molecule has 0 saturated carbocycles. The monoisotopic (exact) mass is 325 g/mol. The van der Waals surface area contributed by atoms with Gasteiger partial charge in [0.2, 0.25) is 5.88 Å². The largest absolute Gasteiger partial charge is 0.439 e. The second-order valence-electron chi connectivity index (χ2n) is 5.14. The summed E-state index contributed by atoms with van der Waals surface area (Å²) >= 11 is 0. The highest BCUT2D eigenvalue weighted by Gasteiger charge is 2.17. The van der Waals surface area contributed by atoms with Crippen molar-refractivity contribution in [3.05, 3.63) is 77.5 Å². The molecule has 2 N–H and O–H groups in total. The molecule has 0 unspecified atom stereocenters. The number of aromatic nitrogens is 1. The van der Waals surface area contributed by atoms with Crippen molar-refractivity contribution in [1.29, 1.82) is 5.26 Å². The van der Waals surface area contributed by atoms with Gasteiger partial charge in [0, 0.05) is 11.6 Å². The highest BCUT2D eigenvalue weighted by Crippen LogP contribution is 2.32. The van der Waals surface area contributed by atoms with Gasteiger partial charge in [0.25, 0.3) is 0 Å². The quantitative estimate of drug-likeness (QED) is 0.787. The molecule has 0 atom stereocenters. The number of hydrogen-bond acceptors (Lipinski definition) is 3. The summed E-state index contributed by atoms with van der Waals surface area (Å²) in [5.74, 6) is -0.210. The molecule has 0 aliphatic carbocycles. The van der Waals surface area contributed by atoms with Crippen LogP contribution in [-0.2, 0) is 6.54 Å². The number of nitriles is 1. The first-order chi connectivity index (χ1) is 11.6. The van der Waals surface area contributed by atoms with Crippen LogP contribution in [0.15, 0.2) is 54.6 Å². The van der Waals surface area contributed by atoms with E-state index in [1.165, 1.54) is 41.0 Å². The normalized spacial score (nSPS) is 10.4. The molecule has 4 nitrogen and oxygen atoms in total. The lowest BCUT2D eigenvalue weighted by Gasteiger charge is -2.13. The Morgan fingerprint density at radius 1 is 1.08 bits per heavy atom. The number of nitrogens with two attached hydrogens (primary N) is 1. The Kier molecular flexibility index (Phi) is 4.17. The van der Waals surface area contributed by atoms with Crippen LogP contribution >= 0.6 is 0 Å². The SMILES string of the molecule is N#Cc1cc(N)c(Oc2ccc(F)cc2)n1Cc1ccccc1F. The Morgan fingerprint density at radius 2 is 1.79 bits per heavy atom. The van der Waals surface area contributed by atoms with Gasteiger partial charge in [0.05, 0.1) is 12.2 Å². The molecule has 0 amide bonds. The van der Waals surface area contributed by atoms with Crippen LogP contribution < -0.4 is 10.5 Å². The molecule has 24 heavy (non-hydrogen) atoms. The van der Waals surface area contributed by atoms with E-state index in [1.54, 1.807) is 18.2 Å². The van der Waals surface area contributed by atoms with Crippen molar-refractivity contribution >= 4 is 5.69 Å². The zero-order valence-electron chi connectivity index (χ0n) is 12.5. The van der Waals surface area contributed by atoms with Crippen LogP contribution in [0.2, 0.25) is 0 Å². The topological polar surface area (TPSA) is 64.0 Å². The van der Waals surface area contributed by atoms with Crippen LogP contribution in [0.4, 0.5) is 14.5 Å². The molecule has 0 aliphatic heterocycles. The minimum Gasteiger partial charge on any atom is -0.439 e. The van der Waals surface area contributed by atoms with Gasteiger partial charge in [0.1, 0.15) is 29.1 Å². The van der Waals surface area contributed by atoms with Crippen LogP contribution in [-0.4, -0.2) is 4.57 Å². The molecule has 0 aliphatic rings. The first kappa shape index (κ1) is 15.6. The maximum Gasteiger partial charge on any atom is 0.224 e. The maximum atomic E-state index is 13.9. The van der Waals surface area contributed by atoms with Crippen LogP contribution in [0.3, 0.4) is 0 Å². The van der Waals surface area contributed by atoms with Crippen molar-refractivity contribution in [2.75, 3.05) is 5.73 Å². The molecule has 0 bridgehead atoms. The van der Waals surface area contributed by atoms with Gasteiger partial charge in [-0.2, -0.15) is 5.26 Å². The predicted molar refractivity (Wildman–Crippen MR) is 85.5 cm³/mol. The Morgan fingerprint density at radius 3 is 2.46 bits per heavy atom. The zero-order chi connectivity index (χ0) is 17.1. The van der Waals surface area contributed by atoms with E-state index in [1.807, 2.05) is 6.07 Å². The first-order valence-corrected chi connectivity index (χ1v) is 7.14. The Balaban J connectivity index is 2.00. The molecule has 0 saturated heterocycles. The summed E-state index contributed by atoms with van der Waals surface area (Å²) in [5.41, 5.74) is 6.81. The van der Waals surface area contributed by atoms with Gasteiger partial charge < -0.3 is 10.5 Å². The minimum atomic E-state index is -0.394. The lowest BCUT2D eigenvalue weighted by Crippen LogP contribution is -2.06.